The van der Waals surface area contributed by atoms with Crippen molar-refractivity contribution in [3.8, 4) is 0 Å². The molecule has 0 aromatic heterocycles. The smallest absolute Gasteiger partial charge is 0.223 e. The molecule has 3 atom stereocenters. The Kier molecular flexibility index (Phi) is 6.27. The number of rotatable bonds is 3. The van der Waals surface area contributed by atoms with Crippen molar-refractivity contribution in [3.63, 3.8) is 0 Å². The maximum atomic E-state index is 12.0. The van der Waals surface area contributed by atoms with Crippen LogP contribution in [0.25, 0.3) is 0 Å². The largest absolute Gasteiger partial charge is 0.391 e. The molecule has 0 heterocycles. The normalized spacial score (nSPS) is 25.1. The first-order valence-electron chi connectivity index (χ1n) is 6.44. The van der Waals surface area contributed by atoms with Gasteiger partial charge in [0, 0.05) is 23.5 Å². The maximum Gasteiger partial charge on any atom is 0.223 e. The molecule has 1 aromatic carbocycles. The first kappa shape index (κ1) is 17.2. The molecule has 1 saturated carbocycles. The van der Waals surface area contributed by atoms with Gasteiger partial charge in [-0.1, -0.05) is 23.7 Å². The van der Waals surface area contributed by atoms with Crippen molar-refractivity contribution in [1.29, 1.82) is 0 Å². The van der Waals surface area contributed by atoms with Crippen LogP contribution in [0.3, 0.4) is 0 Å². The first-order valence-corrected chi connectivity index (χ1v) is 6.82. The molecule has 20 heavy (non-hydrogen) atoms. The van der Waals surface area contributed by atoms with Crippen LogP contribution in [0, 0.1) is 12.8 Å². The third kappa shape index (κ3) is 3.85. The number of hydrogen-bond acceptors (Lipinski definition) is 3. The number of hydrogen-bond donors (Lipinski definition) is 3. The summed E-state index contributed by atoms with van der Waals surface area (Å²) in [5.41, 5.74) is 7.69. The van der Waals surface area contributed by atoms with E-state index in [0.29, 0.717) is 24.4 Å². The molecule has 2 rings (SSSR count). The molecule has 1 aromatic rings. The fourth-order valence-electron chi connectivity index (χ4n) is 2.43. The summed E-state index contributed by atoms with van der Waals surface area (Å²) in [5.74, 6) is -0.240. The van der Waals surface area contributed by atoms with Crippen molar-refractivity contribution in [3.05, 3.63) is 34.3 Å². The second-order valence-corrected chi connectivity index (χ2v) is 5.55. The van der Waals surface area contributed by atoms with Gasteiger partial charge in [-0.15, -0.1) is 12.4 Å². The topological polar surface area (TPSA) is 75.4 Å². The number of nitrogens with one attached hydrogen (secondary N) is 1. The fourth-order valence-corrected chi connectivity index (χ4v) is 2.63. The summed E-state index contributed by atoms with van der Waals surface area (Å²) >= 11 is 6.03. The van der Waals surface area contributed by atoms with Crippen LogP contribution in [-0.4, -0.2) is 23.2 Å². The number of benzene rings is 1. The van der Waals surface area contributed by atoms with Gasteiger partial charge in [-0.05, 0) is 37.0 Å². The first-order chi connectivity index (χ1) is 8.99. The number of carbonyl (C=O) groups is 1. The minimum absolute atomic E-state index is 0. The third-order valence-electron chi connectivity index (χ3n) is 3.78. The van der Waals surface area contributed by atoms with E-state index in [-0.39, 0.29) is 30.3 Å². The highest BCUT2D eigenvalue weighted by Gasteiger charge is 2.34. The standard InChI is InChI=1S/C14H19ClN2O2.ClH/c1-8-9(3-2-4-11(8)15)7-17-14(19)10-5-12(16)13(18)6-10;/h2-4,10,12-13,18H,5-7,16H2,1H3,(H,17,19);1H/t10-,12+,13+;/m0./s1. The second kappa shape index (κ2) is 7.27. The van der Waals surface area contributed by atoms with Gasteiger partial charge in [0.05, 0.1) is 6.10 Å². The Labute approximate surface area is 130 Å². The van der Waals surface area contributed by atoms with E-state index in [9.17, 15) is 9.90 Å². The van der Waals surface area contributed by atoms with Gasteiger partial charge in [-0.2, -0.15) is 0 Å². The van der Waals surface area contributed by atoms with Gasteiger partial charge in [0.15, 0.2) is 0 Å². The summed E-state index contributed by atoms with van der Waals surface area (Å²) in [6.07, 6.45) is 0.423. The van der Waals surface area contributed by atoms with Crippen molar-refractivity contribution in [2.24, 2.45) is 11.7 Å². The molecule has 0 unspecified atom stereocenters. The number of halogens is 2. The summed E-state index contributed by atoms with van der Waals surface area (Å²) in [5, 5.41) is 13.1. The zero-order chi connectivity index (χ0) is 14.0. The number of amides is 1. The monoisotopic (exact) mass is 318 g/mol. The maximum absolute atomic E-state index is 12.0. The fraction of sp³-hybridized carbons (Fsp3) is 0.500. The van der Waals surface area contributed by atoms with Crippen LogP contribution >= 0.6 is 24.0 Å². The van der Waals surface area contributed by atoms with Gasteiger partial charge in [0.1, 0.15) is 0 Å². The van der Waals surface area contributed by atoms with Crippen molar-refractivity contribution >= 4 is 29.9 Å². The lowest BCUT2D eigenvalue weighted by Crippen LogP contribution is -2.30. The van der Waals surface area contributed by atoms with Crippen LogP contribution in [-0.2, 0) is 11.3 Å². The Hall–Kier alpha value is -0.810. The van der Waals surface area contributed by atoms with E-state index in [1.807, 2.05) is 25.1 Å². The lowest BCUT2D eigenvalue weighted by Gasteiger charge is -2.12. The summed E-state index contributed by atoms with van der Waals surface area (Å²) in [6, 6.07) is 5.35. The van der Waals surface area contributed by atoms with Gasteiger partial charge in [0.25, 0.3) is 0 Å². The van der Waals surface area contributed by atoms with Gasteiger partial charge in [-0.3, -0.25) is 4.79 Å². The summed E-state index contributed by atoms with van der Waals surface area (Å²) < 4.78 is 0. The van der Waals surface area contributed by atoms with Gasteiger partial charge >= 0.3 is 0 Å². The highest BCUT2D eigenvalue weighted by atomic mass is 35.5. The molecule has 112 valence electrons. The lowest BCUT2D eigenvalue weighted by atomic mass is 10.1. The molecule has 0 radical (unpaired) electrons. The van der Waals surface area contributed by atoms with Crippen molar-refractivity contribution in [2.75, 3.05) is 0 Å². The van der Waals surface area contributed by atoms with Crippen LogP contribution in [0.1, 0.15) is 24.0 Å². The van der Waals surface area contributed by atoms with Crippen LogP contribution in [0.5, 0.6) is 0 Å². The molecule has 0 saturated heterocycles. The lowest BCUT2D eigenvalue weighted by molar-refractivity contribution is -0.125. The quantitative estimate of drug-likeness (QED) is 0.795. The average molecular weight is 319 g/mol. The van der Waals surface area contributed by atoms with Crippen molar-refractivity contribution < 1.29 is 9.90 Å². The van der Waals surface area contributed by atoms with Crippen molar-refractivity contribution in [2.45, 2.75) is 38.5 Å². The van der Waals surface area contributed by atoms with Crippen LogP contribution in [0.2, 0.25) is 5.02 Å². The summed E-state index contributed by atoms with van der Waals surface area (Å²) in [6.45, 7) is 2.38. The SMILES string of the molecule is Cc1c(Cl)cccc1CNC(=O)[C@H]1C[C@@H](N)[C@H](O)C1.Cl. The van der Waals surface area contributed by atoms with E-state index < -0.39 is 6.10 Å². The van der Waals surface area contributed by atoms with Crippen LogP contribution in [0.15, 0.2) is 18.2 Å². The van der Waals surface area contributed by atoms with E-state index in [4.69, 9.17) is 17.3 Å². The zero-order valence-electron chi connectivity index (χ0n) is 11.3. The highest BCUT2D eigenvalue weighted by Crippen LogP contribution is 2.25. The summed E-state index contributed by atoms with van der Waals surface area (Å²) in [7, 11) is 0. The van der Waals surface area contributed by atoms with Gasteiger partial charge < -0.3 is 16.2 Å². The Balaban J connectivity index is 0.00000200. The van der Waals surface area contributed by atoms with E-state index >= 15 is 0 Å². The van der Waals surface area contributed by atoms with Gasteiger partial charge in [0.2, 0.25) is 5.91 Å². The molecule has 4 nitrogen and oxygen atoms in total. The Morgan fingerprint density at radius 3 is 2.80 bits per heavy atom. The predicted molar refractivity (Wildman–Crippen MR) is 82.0 cm³/mol. The van der Waals surface area contributed by atoms with E-state index in [1.165, 1.54) is 0 Å². The van der Waals surface area contributed by atoms with Crippen LogP contribution in [0.4, 0.5) is 0 Å². The Bertz CT molecular complexity index is 472. The average Bonchev–Trinajstić information content (AvgIpc) is 2.71. The molecule has 0 spiro atoms. The number of aliphatic hydroxyl groups excluding tert-OH is 1. The van der Waals surface area contributed by atoms with Gasteiger partial charge in [-0.25, -0.2) is 0 Å². The molecular weight excluding hydrogens is 299 g/mol. The number of carbonyl (C=O) groups excluding carboxylic acids is 1. The molecule has 6 heteroatoms. The second-order valence-electron chi connectivity index (χ2n) is 5.14. The molecule has 1 fully saturated rings. The Morgan fingerprint density at radius 2 is 2.20 bits per heavy atom. The third-order valence-corrected chi connectivity index (χ3v) is 4.19. The highest BCUT2D eigenvalue weighted by molar-refractivity contribution is 6.31. The Morgan fingerprint density at radius 1 is 1.50 bits per heavy atom. The molecule has 4 N–H and O–H groups in total. The summed E-state index contributed by atoms with van der Waals surface area (Å²) in [4.78, 5) is 12.0. The van der Waals surface area contributed by atoms with E-state index in [1.54, 1.807) is 0 Å². The minimum Gasteiger partial charge on any atom is -0.391 e. The molecular formula is C14H20Cl2N2O2. The molecule has 0 bridgehead atoms. The zero-order valence-corrected chi connectivity index (χ0v) is 12.9. The molecule has 0 aliphatic heterocycles. The van der Waals surface area contributed by atoms with Crippen molar-refractivity contribution in [1.82, 2.24) is 5.32 Å². The number of aliphatic hydroxyl groups is 1. The molecule has 1 aliphatic carbocycles. The van der Waals surface area contributed by atoms with Crippen LogP contribution < -0.4 is 11.1 Å². The predicted octanol–water partition coefficient (Wildman–Crippen LogP) is 1.78. The number of nitrogens with two attached hydrogens (primary N) is 1. The van der Waals surface area contributed by atoms with E-state index in [2.05, 4.69) is 5.32 Å². The molecule has 1 aliphatic rings. The minimum atomic E-state index is -0.566. The van der Waals surface area contributed by atoms with E-state index in [0.717, 1.165) is 11.1 Å². The molecule has 1 amide bonds.